The first kappa shape index (κ1) is 18.7. The van der Waals surface area contributed by atoms with E-state index in [0.29, 0.717) is 11.3 Å². The molecule has 6 heteroatoms. The Morgan fingerprint density at radius 3 is 2.38 bits per heavy atom. The number of rotatable bonds is 5. The van der Waals surface area contributed by atoms with Gasteiger partial charge < -0.3 is 5.32 Å². The first-order chi connectivity index (χ1) is 14.1. The summed E-state index contributed by atoms with van der Waals surface area (Å²) in [7, 11) is 0. The summed E-state index contributed by atoms with van der Waals surface area (Å²) in [6.45, 7) is 0. The van der Waals surface area contributed by atoms with Crippen LogP contribution in [-0.4, -0.2) is 16.7 Å². The Bertz CT molecular complexity index is 1170. The highest BCUT2D eigenvalue weighted by Gasteiger charge is 2.18. The number of hydrogen-bond acceptors (Lipinski definition) is 4. The average molecular weight is 402 g/mol. The maximum absolute atomic E-state index is 13.2. The fraction of sp³-hybridized carbons (Fsp3) is 0. The Kier molecular flexibility index (Phi) is 5.27. The standard InChI is InChI=1S/C23H15FN2O2S/c24-17-10-8-15(9-11-17)21(27)19-6-1-2-7-20(19)22(28)26-18-5-3-4-16(14-18)23-25-12-13-29-23/h1-14H,(H,26,28). The largest absolute Gasteiger partial charge is 0.322 e. The number of ketones is 1. The van der Waals surface area contributed by atoms with Crippen molar-refractivity contribution >= 4 is 28.7 Å². The van der Waals surface area contributed by atoms with E-state index in [9.17, 15) is 14.0 Å². The van der Waals surface area contributed by atoms with Crippen molar-refractivity contribution in [3.05, 3.63) is 107 Å². The molecule has 0 saturated heterocycles. The molecule has 0 atom stereocenters. The molecule has 0 unspecified atom stereocenters. The van der Waals surface area contributed by atoms with Crippen LogP contribution in [0.2, 0.25) is 0 Å². The summed E-state index contributed by atoms with van der Waals surface area (Å²) in [5.74, 6) is -1.16. The number of nitrogens with one attached hydrogen (secondary N) is 1. The third kappa shape index (κ3) is 4.12. The number of amides is 1. The SMILES string of the molecule is O=C(Nc1cccc(-c2nccs2)c1)c1ccccc1C(=O)c1ccc(F)cc1. The smallest absolute Gasteiger partial charge is 0.256 e. The van der Waals surface area contributed by atoms with Crippen LogP contribution in [0.4, 0.5) is 10.1 Å². The Balaban J connectivity index is 1.61. The van der Waals surface area contributed by atoms with Gasteiger partial charge in [-0.25, -0.2) is 9.37 Å². The van der Waals surface area contributed by atoms with Crippen LogP contribution >= 0.6 is 11.3 Å². The molecule has 0 spiro atoms. The molecule has 0 aliphatic carbocycles. The lowest BCUT2D eigenvalue weighted by atomic mass is 9.98. The van der Waals surface area contributed by atoms with Crippen LogP contribution in [-0.2, 0) is 0 Å². The molecule has 0 aliphatic heterocycles. The van der Waals surface area contributed by atoms with E-state index in [1.165, 1.54) is 35.6 Å². The Morgan fingerprint density at radius 1 is 0.897 bits per heavy atom. The lowest BCUT2D eigenvalue weighted by molar-refractivity contribution is 0.0996. The molecule has 4 rings (SSSR count). The van der Waals surface area contributed by atoms with E-state index < -0.39 is 11.7 Å². The maximum Gasteiger partial charge on any atom is 0.256 e. The van der Waals surface area contributed by atoms with E-state index in [1.54, 1.807) is 36.5 Å². The van der Waals surface area contributed by atoms with E-state index in [-0.39, 0.29) is 16.9 Å². The number of anilines is 1. The fourth-order valence-corrected chi connectivity index (χ4v) is 3.57. The van der Waals surface area contributed by atoms with Gasteiger partial charge in [-0.3, -0.25) is 9.59 Å². The van der Waals surface area contributed by atoms with Crippen molar-refractivity contribution in [1.29, 1.82) is 0 Å². The van der Waals surface area contributed by atoms with Crippen molar-refractivity contribution in [2.45, 2.75) is 0 Å². The van der Waals surface area contributed by atoms with Gasteiger partial charge >= 0.3 is 0 Å². The quantitative estimate of drug-likeness (QED) is 0.453. The molecule has 0 radical (unpaired) electrons. The van der Waals surface area contributed by atoms with E-state index in [1.807, 2.05) is 23.6 Å². The predicted molar refractivity (Wildman–Crippen MR) is 112 cm³/mol. The zero-order chi connectivity index (χ0) is 20.2. The number of hydrogen-bond donors (Lipinski definition) is 1. The van der Waals surface area contributed by atoms with Gasteiger partial charge in [0.15, 0.2) is 5.78 Å². The second-order valence-electron chi connectivity index (χ2n) is 6.25. The Hall–Kier alpha value is -3.64. The highest BCUT2D eigenvalue weighted by atomic mass is 32.1. The van der Waals surface area contributed by atoms with E-state index in [2.05, 4.69) is 10.3 Å². The summed E-state index contributed by atoms with van der Waals surface area (Å²) in [6, 6.07) is 19.2. The second-order valence-corrected chi connectivity index (χ2v) is 7.15. The van der Waals surface area contributed by atoms with Crippen molar-refractivity contribution in [3.8, 4) is 10.6 Å². The highest BCUT2D eigenvalue weighted by molar-refractivity contribution is 7.13. The Labute approximate surface area is 170 Å². The van der Waals surface area contributed by atoms with Gasteiger partial charge in [0, 0.05) is 34.0 Å². The summed E-state index contributed by atoms with van der Waals surface area (Å²) >= 11 is 1.51. The molecule has 142 valence electrons. The van der Waals surface area contributed by atoms with E-state index in [4.69, 9.17) is 0 Å². The number of benzene rings is 3. The molecule has 3 aromatic carbocycles. The van der Waals surface area contributed by atoms with Gasteiger partial charge in [0.05, 0.1) is 5.56 Å². The van der Waals surface area contributed by atoms with Crippen molar-refractivity contribution < 1.29 is 14.0 Å². The zero-order valence-corrected chi connectivity index (χ0v) is 15.9. The predicted octanol–water partition coefficient (Wildman–Crippen LogP) is 5.43. The van der Waals surface area contributed by atoms with Crippen LogP contribution in [0.5, 0.6) is 0 Å². The molecule has 1 N–H and O–H groups in total. The van der Waals surface area contributed by atoms with Gasteiger partial charge in [0.2, 0.25) is 0 Å². The first-order valence-corrected chi connectivity index (χ1v) is 9.70. The van der Waals surface area contributed by atoms with Crippen LogP contribution in [0.15, 0.2) is 84.4 Å². The van der Waals surface area contributed by atoms with Gasteiger partial charge in [0.25, 0.3) is 5.91 Å². The lowest BCUT2D eigenvalue weighted by Gasteiger charge is -2.10. The van der Waals surface area contributed by atoms with E-state index in [0.717, 1.165) is 10.6 Å². The third-order valence-corrected chi connectivity index (χ3v) is 5.14. The summed E-state index contributed by atoms with van der Waals surface area (Å²) < 4.78 is 13.2. The molecule has 1 aromatic heterocycles. The molecule has 0 fully saturated rings. The van der Waals surface area contributed by atoms with Gasteiger partial charge in [-0.05, 0) is 42.5 Å². The Morgan fingerprint density at radius 2 is 1.66 bits per heavy atom. The van der Waals surface area contributed by atoms with Crippen molar-refractivity contribution in [1.82, 2.24) is 4.98 Å². The minimum absolute atomic E-state index is 0.251. The van der Waals surface area contributed by atoms with Crippen LogP contribution in [0.1, 0.15) is 26.3 Å². The number of carbonyl (C=O) groups is 2. The van der Waals surface area contributed by atoms with Crippen LogP contribution < -0.4 is 5.32 Å². The van der Waals surface area contributed by atoms with Crippen molar-refractivity contribution in [3.63, 3.8) is 0 Å². The summed E-state index contributed by atoms with van der Waals surface area (Å²) in [4.78, 5) is 30.0. The lowest BCUT2D eigenvalue weighted by Crippen LogP contribution is -2.17. The van der Waals surface area contributed by atoms with Crippen LogP contribution in [0, 0.1) is 5.82 Å². The van der Waals surface area contributed by atoms with Gasteiger partial charge in [-0.15, -0.1) is 11.3 Å². The average Bonchev–Trinajstić information content (AvgIpc) is 3.29. The molecule has 0 bridgehead atoms. The van der Waals surface area contributed by atoms with Crippen molar-refractivity contribution in [2.24, 2.45) is 0 Å². The molecule has 0 aliphatic rings. The molecule has 1 heterocycles. The molecule has 4 nitrogen and oxygen atoms in total. The normalized spacial score (nSPS) is 10.5. The van der Waals surface area contributed by atoms with Crippen LogP contribution in [0.25, 0.3) is 10.6 Å². The number of thiazole rings is 1. The summed E-state index contributed by atoms with van der Waals surface area (Å²) in [6.07, 6.45) is 1.72. The minimum Gasteiger partial charge on any atom is -0.322 e. The van der Waals surface area contributed by atoms with Gasteiger partial charge in [-0.1, -0.05) is 30.3 Å². The third-order valence-electron chi connectivity index (χ3n) is 4.32. The van der Waals surface area contributed by atoms with Gasteiger partial charge in [0.1, 0.15) is 10.8 Å². The van der Waals surface area contributed by atoms with E-state index >= 15 is 0 Å². The van der Waals surface area contributed by atoms with Gasteiger partial charge in [-0.2, -0.15) is 0 Å². The molecule has 1 amide bonds. The molecule has 4 aromatic rings. The topological polar surface area (TPSA) is 59.1 Å². The number of carbonyl (C=O) groups excluding carboxylic acids is 2. The van der Waals surface area contributed by atoms with Crippen LogP contribution in [0.3, 0.4) is 0 Å². The molecule has 29 heavy (non-hydrogen) atoms. The minimum atomic E-state index is -0.423. The first-order valence-electron chi connectivity index (χ1n) is 8.82. The summed E-state index contributed by atoms with van der Waals surface area (Å²) in [5, 5.41) is 5.58. The molecule has 0 saturated carbocycles. The molecular weight excluding hydrogens is 387 g/mol. The van der Waals surface area contributed by atoms with Crippen molar-refractivity contribution in [2.75, 3.05) is 5.32 Å². The summed E-state index contributed by atoms with van der Waals surface area (Å²) in [5.41, 5.74) is 2.33. The number of halogens is 1. The number of nitrogens with zero attached hydrogens (tertiary/aromatic N) is 1. The highest BCUT2D eigenvalue weighted by Crippen LogP contribution is 2.25. The molecular formula is C23H15FN2O2S. The number of aromatic nitrogens is 1. The fourth-order valence-electron chi connectivity index (χ4n) is 2.93. The second kappa shape index (κ2) is 8.16. The monoisotopic (exact) mass is 402 g/mol. The zero-order valence-electron chi connectivity index (χ0n) is 15.1. The maximum atomic E-state index is 13.2.